The first-order valence-electron chi connectivity index (χ1n) is 6.67. The van der Waals surface area contributed by atoms with E-state index in [0.717, 1.165) is 6.08 Å². The summed E-state index contributed by atoms with van der Waals surface area (Å²) in [5.74, 6) is 0.0235. The number of halogens is 1. The average molecular weight is 366 g/mol. The molecule has 2 rings (SSSR count). The van der Waals surface area contributed by atoms with Gasteiger partial charge in [0.15, 0.2) is 4.91 Å². The molecule has 2 aromatic rings. The number of nitrogens with zero attached hydrogens (tertiary/aromatic N) is 1. The lowest BCUT2D eigenvalue weighted by Gasteiger charge is -2.02. The Balaban J connectivity index is 2.30. The highest BCUT2D eigenvalue weighted by Crippen LogP contribution is 2.23. The van der Waals surface area contributed by atoms with Crippen molar-refractivity contribution >= 4 is 33.5 Å². The Kier molecular flexibility index (Phi) is 5.44. The maximum Gasteiger partial charge on any atom is 0.303 e. The molecule has 0 saturated heterocycles. The predicted octanol–water partition coefficient (Wildman–Crippen LogP) is 3.33. The van der Waals surface area contributed by atoms with Gasteiger partial charge in [0.1, 0.15) is 24.2 Å². The summed E-state index contributed by atoms with van der Waals surface area (Å²) in [5, 5.41) is 9.57. The van der Waals surface area contributed by atoms with Crippen LogP contribution in [-0.2, 0) is 26.0 Å². The van der Waals surface area contributed by atoms with E-state index >= 15 is 0 Å². The van der Waals surface area contributed by atoms with Crippen LogP contribution in [-0.4, -0.2) is 14.4 Å². The van der Waals surface area contributed by atoms with E-state index in [1.54, 1.807) is 6.07 Å². The first-order valence-corrected chi connectivity index (χ1v) is 8.53. The van der Waals surface area contributed by atoms with Crippen LogP contribution >= 0.6 is 11.6 Å². The monoisotopic (exact) mass is 365 g/mol. The Morgan fingerprint density at radius 3 is 2.54 bits per heavy atom. The number of esters is 1. The van der Waals surface area contributed by atoms with Crippen molar-refractivity contribution < 1.29 is 22.4 Å². The van der Waals surface area contributed by atoms with Gasteiger partial charge in [0.2, 0.25) is 9.84 Å². The van der Waals surface area contributed by atoms with Crippen LogP contribution in [0.2, 0.25) is 5.02 Å². The third-order valence-corrected chi connectivity index (χ3v) is 4.83. The van der Waals surface area contributed by atoms with Crippen LogP contribution < -0.4 is 0 Å². The number of rotatable bonds is 5. The summed E-state index contributed by atoms with van der Waals surface area (Å²) in [6, 6.07) is 10.1. The molecule has 0 saturated carbocycles. The maximum absolute atomic E-state index is 12.5. The summed E-state index contributed by atoms with van der Waals surface area (Å²) in [5.41, 5.74) is 0. The first-order chi connectivity index (χ1) is 11.3. The quantitative estimate of drug-likeness (QED) is 0.595. The zero-order chi connectivity index (χ0) is 17.7. The van der Waals surface area contributed by atoms with Crippen molar-refractivity contribution in [3.63, 3.8) is 0 Å². The molecule has 1 aromatic heterocycles. The van der Waals surface area contributed by atoms with Crippen molar-refractivity contribution in [2.24, 2.45) is 0 Å². The molecule has 0 radical (unpaired) electrons. The summed E-state index contributed by atoms with van der Waals surface area (Å²) in [7, 11) is -3.99. The molecule has 8 heteroatoms. The van der Waals surface area contributed by atoms with E-state index in [9.17, 15) is 18.5 Å². The van der Waals surface area contributed by atoms with Gasteiger partial charge in [0, 0.05) is 18.0 Å². The van der Waals surface area contributed by atoms with E-state index in [1.165, 1.54) is 43.3 Å². The number of furan rings is 1. The number of sulfone groups is 1. The Morgan fingerprint density at radius 2 is 1.96 bits per heavy atom. The molecule has 6 nitrogen and oxygen atoms in total. The molecule has 0 aliphatic heterocycles. The third kappa shape index (κ3) is 4.25. The lowest BCUT2D eigenvalue weighted by molar-refractivity contribution is -0.142. The van der Waals surface area contributed by atoms with Gasteiger partial charge in [-0.3, -0.25) is 4.79 Å². The van der Waals surface area contributed by atoms with Crippen molar-refractivity contribution in [2.75, 3.05) is 0 Å². The number of ether oxygens (including phenoxy) is 1. The Morgan fingerprint density at radius 1 is 1.29 bits per heavy atom. The predicted molar refractivity (Wildman–Crippen MR) is 86.4 cm³/mol. The SMILES string of the molecule is CC(=O)OCc1ccc(/C=C(/C#N)S(=O)(=O)c2ccc(Cl)cc2)o1. The lowest BCUT2D eigenvalue weighted by atomic mass is 10.4. The van der Waals surface area contributed by atoms with E-state index < -0.39 is 20.7 Å². The molecule has 0 bridgehead atoms. The summed E-state index contributed by atoms with van der Waals surface area (Å²) in [4.78, 5) is 10.2. The van der Waals surface area contributed by atoms with Gasteiger partial charge in [0.25, 0.3) is 0 Å². The van der Waals surface area contributed by atoms with Crippen LogP contribution in [0.3, 0.4) is 0 Å². The second-order valence-electron chi connectivity index (χ2n) is 4.66. The fourth-order valence-corrected chi connectivity index (χ4v) is 3.03. The van der Waals surface area contributed by atoms with Crippen LogP contribution in [0.1, 0.15) is 18.4 Å². The topological polar surface area (TPSA) is 97.4 Å². The Hall–Kier alpha value is -2.56. The number of hydrogen-bond donors (Lipinski definition) is 0. The van der Waals surface area contributed by atoms with Gasteiger partial charge in [-0.1, -0.05) is 11.6 Å². The molecule has 0 unspecified atom stereocenters. The summed E-state index contributed by atoms with van der Waals surface area (Å²) in [6.07, 6.45) is 1.11. The molecule has 0 amide bonds. The number of allylic oxidation sites excluding steroid dienone is 1. The second-order valence-corrected chi connectivity index (χ2v) is 7.02. The molecule has 0 N–H and O–H groups in total. The van der Waals surface area contributed by atoms with Gasteiger partial charge in [0.05, 0.1) is 4.90 Å². The maximum atomic E-state index is 12.5. The molecule has 0 spiro atoms. The van der Waals surface area contributed by atoms with Crippen LogP contribution in [0, 0.1) is 11.3 Å². The standard InChI is InChI=1S/C16H12ClNO5S/c1-11(19)22-10-14-5-4-13(23-14)8-16(9-18)24(20,21)15-6-2-12(17)3-7-15/h2-8H,10H2,1H3/b16-8-. The minimum absolute atomic E-state index is 0.0496. The molecule has 0 atom stereocenters. The van der Waals surface area contributed by atoms with Crippen molar-refractivity contribution in [1.29, 1.82) is 5.26 Å². The van der Waals surface area contributed by atoms with E-state index in [2.05, 4.69) is 0 Å². The second kappa shape index (κ2) is 7.34. The zero-order valence-corrected chi connectivity index (χ0v) is 14.1. The zero-order valence-electron chi connectivity index (χ0n) is 12.5. The molecular formula is C16H12ClNO5S. The molecular weight excluding hydrogens is 354 g/mol. The van der Waals surface area contributed by atoms with Gasteiger partial charge in [-0.25, -0.2) is 8.42 Å². The summed E-state index contributed by atoms with van der Waals surface area (Å²) >= 11 is 5.73. The van der Waals surface area contributed by atoms with Crippen molar-refractivity contribution in [3.8, 4) is 6.07 Å². The van der Waals surface area contributed by atoms with E-state index in [-0.39, 0.29) is 17.3 Å². The average Bonchev–Trinajstić information content (AvgIpc) is 2.98. The lowest BCUT2D eigenvalue weighted by Crippen LogP contribution is -2.03. The van der Waals surface area contributed by atoms with Gasteiger partial charge in [-0.15, -0.1) is 0 Å². The first kappa shape index (κ1) is 17.8. The fraction of sp³-hybridized carbons (Fsp3) is 0.125. The van der Waals surface area contributed by atoms with Gasteiger partial charge in [-0.2, -0.15) is 5.26 Å². The minimum atomic E-state index is -3.99. The third-order valence-electron chi connectivity index (χ3n) is 2.90. The smallest absolute Gasteiger partial charge is 0.303 e. The molecule has 124 valence electrons. The van der Waals surface area contributed by atoms with Gasteiger partial charge >= 0.3 is 5.97 Å². The minimum Gasteiger partial charge on any atom is -0.458 e. The number of carbonyl (C=O) groups is 1. The van der Waals surface area contributed by atoms with Gasteiger partial charge in [-0.05, 0) is 36.4 Å². The molecule has 0 aliphatic rings. The molecule has 1 heterocycles. The molecule has 24 heavy (non-hydrogen) atoms. The number of hydrogen-bond acceptors (Lipinski definition) is 6. The van der Waals surface area contributed by atoms with Gasteiger partial charge < -0.3 is 9.15 Å². The molecule has 0 aliphatic carbocycles. The normalized spacial score (nSPS) is 11.8. The summed E-state index contributed by atoms with van der Waals surface area (Å²) < 4.78 is 35.0. The van der Waals surface area contributed by atoms with E-state index in [0.29, 0.717) is 10.8 Å². The number of benzene rings is 1. The van der Waals surface area contributed by atoms with Crippen LogP contribution in [0.15, 0.2) is 50.6 Å². The van der Waals surface area contributed by atoms with Crippen molar-refractivity contribution in [2.45, 2.75) is 18.4 Å². The van der Waals surface area contributed by atoms with E-state index in [1.807, 2.05) is 0 Å². The van der Waals surface area contributed by atoms with Crippen molar-refractivity contribution in [1.82, 2.24) is 0 Å². The molecule has 1 aromatic carbocycles. The largest absolute Gasteiger partial charge is 0.458 e. The Bertz CT molecular complexity index is 920. The summed E-state index contributed by atoms with van der Waals surface area (Å²) in [6.45, 7) is 1.19. The van der Waals surface area contributed by atoms with Crippen LogP contribution in [0.4, 0.5) is 0 Å². The highest BCUT2D eigenvalue weighted by molar-refractivity contribution is 7.95. The van der Waals surface area contributed by atoms with Crippen LogP contribution in [0.5, 0.6) is 0 Å². The van der Waals surface area contributed by atoms with Crippen molar-refractivity contribution in [3.05, 3.63) is 57.8 Å². The fourth-order valence-electron chi connectivity index (χ4n) is 1.76. The molecule has 0 fully saturated rings. The number of carbonyl (C=O) groups excluding carboxylic acids is 1. The Labute approximate surface area is 143 Å². The highest BCUT2D eigenvalue weighted by atomic mass is 35.5. The number of nitriles is 1. The van der Waals surface area contributed by atoms with Crippen LogP contribution in [0.25, 0.3) is 6.08 Å². The van der Waals surface area contributed by atoms with E-state index in [4.69, 9.17) is 20.8 Å². The highest BCUT2D eigenvalue weighted by Gasteiger charge is 2.21.